The van der Waals surface area contributed by atoms with Crippen LogP contribution in [-0.4, -0.2) is 25.8 Å². The Labute approximate surface area is 163 Å². The Balaban J connectivity index is 0.00000117. The molecule has 0 spiro atoms. The van der Waals surface area contributed by atoms with Gasteiger partial charge in [0.15, 0.2) is 5.82 Å². The zero-order valence-corrected chi connectivity index (χ0v) is 17.6. The van der Waals surface area contributed by atoms with E-state index in [0.717, 1.165) is 26.9 Å². The molecule has 0 saturated heterocycles. The van der Waals surface area contributed by atoms with Gasteiger partial charge in [-0.25, -0.2) is 9.97 Å². The molecule has 3 nitrogen and oxygen atoms in total. The zero-order chi connectivity index (χ0) is 19.5. The number of aryl methyl sites for hydroxylation is 2. The van der Waals surface area contributed by atoms with E-state index >= 15 is 0 Å². The summed E-state index contributed by atoms with van der Waals surface area (Å²) in [5, 5.41) is -0.0924. The lowest BCUT2D eigenvalue weighted by molar-refractivity contribution is -0.0329. The second-order valence-corrected chi connectivity index (χ2v) is 8.68. The lowest BCUT2D eigenvalue weighted by atomic mass is 10.4. The van der Waals surface area contributed by atoms with Gasteiger partial charge >= 0.3 is 5.51 Å². The SMILES string of the molecule is CC.CCSc1cc(C)sc1-c1nc2cc(SC(F)(F)F)ncc2n1C. The van der Waals surface area contributed by atoms with Crippen LogP contribution in [-0.2, 0) is 7.05 Å². The van der Waals surface area contributed by atoms with Crippen molar-refractivity contribution in [2.75, 3.05) is 5.75 Å². The zero-order valence-electron chi connectivity index (χ0n) is 15.1. The third-order valence-corrected chi connectivity index (χ3v) is 6.05. The minimum Gasteiger partial charge on any atom is -0.325 e. The van der Waals surface area contributed by atoms with E-state index in [1.165, 1.54) is 17.1 Å². The molecule has 0 unspecified atom stereocenters. The maximum absolute atomic E-state index is 12.5. The van der Waals surface area contributed by atoms with Crippen molar-refractivity contribution in [3.63, 3.8) is 0 Å². The van der Waals surface area contributed by atoms with Gasteiger partial charge in [0.25, 0.3) is 0 Å². The minimum absolute atomic E-state index is 0.0924. The van der Waals surface area contributed by atoms with Gasteiger partial charge in [-0.3, -0.25) is 0 Å². The lowest BCUT2D eigenvalue weighted by Gasteiger charge is -2.04. The highest BCUT2D eigenvalue weighted by Crippen LogP contribution is 2.40. The lowest BCUT2D eigenvalue weighted by Crippen LogP contribution is -2.00. The van der Waals surface area contributed by atoms with Gasteiger partial charge in [-0.15, -0.1) is 23.1 Å². The molecule has 0 aromatic carbocycles. The highest BCUT2D eigenvalue weighted by Gasteiger charge is 2.30. The van der Waals surface area contributed by atoms with Gasteiger partial charge in [-0.2, -0.15) is 13.2 Å². The van der Waals surface area contributed by atoms with Crippen molar-refractivity contribution in [2.45, 2.75) is 43.1 Å². The number of imidazole rings is 1. The Kier molecular flexibility index (Phi) is 7.04. The van der Waals surface area contributed by atoms with Gasteiger partial charge in [-0.05, 0) is 24.8 Å². The first kappa shape index (κ1) is 21.1. The number of rotatable bonds is 4. The molecule has 3 aromatic heterocycles. The van der Waals surface area contributed by atoms with Gasteiger partial charge in [0, 0.05) is 28.6 Å². The van der Waals surface area contributed by atoms with Gasteiger partial charge in [-0.1, -0.05) is 20.8 Å². The normalized spacial score (nSPS) is 11.5. The maximum atomic E-state index is 12.5. The van der Waals surface area contributed by atoms with E-state index in [-0.39, 0.29) is 16.8 Å². The third kappa shape index (κ3) is 4.75. The summed E-state index contributed by atoms with van der Waals surface area (Å²) in [6.45, 7) is 8.12. The highest BCUT2D eigenvalue weighted by molar-refractivity contribution is 8.00. The molecule has 0 amide bonds. The molecule has 0 radical (unpaired) electrons. The molecule has 0 aliphatic carbocycles. The fraction of sp³-hybridized carbons (Fsp3) is 0.412. The van der Waals surface area contributed by atoms with Crippen LogP contribution >= 0.6 is 34.9 Å². The van der Waals surface area contributed by atoms with E-state index in [9.17, 15) is 13.2 Å². The van der Waals surface area contributed by atoms with Gasteiger partial charge in [0.1, 0.15) is 5.03 Å². The van der Waals surface area contributed by atoms with E-state index in [4.69, 9.17) is 0 Å². The first-order valence-corrected chi connectivity index (χ1v) is 10.7. The van der Waals surface area contributed by atoms with Gasteiger partial charge in [0.2, 0.25) is 0 Å². The van der Waals surface area contributed by atoms with Crippen LogP contribution in [0.1, 0.15) is 25.6 Å². The molecule has 0 aliphatic rings. The number of thiophene rings is 1. The Morgan fingerprint density at radius 2 is 1.92 bits per heavy atom. The average Bonchev–Trinajstić information content (AvgIpc) is 3.08. The molecular formula is C17H20F3N3S3. The summed E-state index contributed by atoms with van der Waals surface area (Å²) in [7, 11) is 1.86. The van der Waals surface area contributed by atoms with E-state index in [2.05, 4.69) is 23.0 Å². The number of alkyl halides is 3. The Morgan fingerprint density at radius 1 is 1.23 bits per heavy atom. The fourth-order valence-corrected chi connectivity index (χ4v) is 4.97. The molecule has 0 fully saturated rings. The molecule has 3 heterocycles. The molecular weight excluding hydrogens is 399 g/mol. The molecule has 0 bridgehead atoms. The van der Waals surface area contributed by atoms with Crippen molar-refractivity contribution in [3.05, 3.63) is 23.2 Å². The molecule has 9 heteroatoms. The number of fused-ring (bicyclic) bond motifs is 1. The highest BCUT2D eigenvalue weighted by atomic mass is 32.2. The molecule has 0 N–H and O–H groups in total. The summed E-state index contributed by atoms with van der Waals surface area (Å²) in [5.74, 6) is 1.70. The summed E-state index contributed by atoms with van der Waals surface area (Å²) >= 11 is 3.16. The van der Waals surface area contributed by atoms with Crippen molar-refractivity contribution in [1.29, 1.82) is 0 Å². The number of pyridine rings is 1. The summed E-state index contributed by atoms with van der Waals surface area (Å²) in [6.07, 6.45) is 1.45. The largest absolute Gasteiger partial charge is 0.447 e. The summed E-state index contributed by atoms with van der Waals surface area (Å²) in [5.41, 5.74) is -3.11. The van der Waals surface area contributed by atoms with Crippen LogP contribution in [0.15, 0.2) is 28.3 Å². The van der Waals surface area contributed by atoms with Crippen molar-refractivity contribution in [2.24, 2.45) is 7.05 Å². The number of hydrogen-bond acceptors (Lipinski definition) is 5. The molecule has 0 atom stereocenters. The Hall–Kier alpha value is -1.19. The van der Waals surface area contributed by atoms with E-state index in [1.807, 2.05) is 32.4 Å². The first-order chi connectivity index (χ1) is 12.3. The van der Waals surface area contributed by atoms with Crippen LogP contribution in [0.2, 0.25) is 0 Å². The molecule has 0 saturated carbocycles. The third-order valence-electron chi connectivity index (χ3n) is 3.29. The summed E-state index contributed by atoms with van der Waals surface area (Å²) < 4.78 is 39.5. The second-order valence-electron chi connectivity index (χ2n) is 5.04. The van der Waals surface area contributed by atoms with E-state index in [1.54, 1.807) is 23.1 Å². The van der Waals surface area contributed by atoms with E-state index in [0.29, 0.717) is 5.52 Å². The molecule has 0 aliphatic heterocycles. The molecule has 26 heavy (non-hydrogen) atoms. The molecule has 3 rings (SSSR count). The van der Waals surface area contributed by atoms with Crippen LogP contribution in [0.25, 0.3) is 21.7 Å². The first-order valence-electron chi connectivity index (χ1n) is 8.10. The summed E-state index contributed by atoms with van der Waals surface area (Å²) in [6, 6.07) is 3.51. The van der Waals surface area contributed by atoms with E-state index < -0.39 is 5.51 Å². The Morgan fingerprint density at radius 3 is 2.54 bits per heavy atom. The average molecular weight is 420 g/mol. The standard InChI is InChI=1S/C15H14F3N3S3.C2H6/c1-4-22-11-5-8(2)23-13(11)14-20-9-6-12(24-15(16,17)18)19-7-10(9)21(14)3;1-2/h5-7H,4H2,1-3H3;1-2H3. The Bertz CT molecular complexity index is 885. The molecule has 142 valence electrons. The van der Waals surface area contributed by atoms with Crippen LogP contribution in [0.3, 0.4) is 0 Å². The molecule has 3 aromatic rings. The predicted molar refractivity (Wildman–Crippen MR) is 106 cm³/mol. The van der Waals surface area contributed by atoms with Crippen molar-refractivity contribution < 1.29 is 13.2 Å². The van der Waals surface area contributed by atoms with Crippen LogP contribution in [0.5, 0.6) is 0 Å². The smallest absolute Gasteiger partial charge is 0.325 e. The van der Waals surface area contributed by atoms with Crippen molar-refractivity contribution >= 4 is 45.9 Å². The van der Waals surface area contributed by atoms with Crippen molar-refractivity contribution in [3.8, 4) is 10.7 Å². The van der Waals surface area contributed by atoms with Gasteiger partial charge < -0.3 is 4.57 Å². The maximum Gasteiger partial charge on any atom is 0.447 e. The second kappa shape index (κ2) is 8.67. The predicted octanol–water partition coefficient (Wildman–Crippen LogP) is 6.76. The topological polar surface area (TPSA) is 30.7 Å². The fourth-order valence-electron chi connectivity index (χ4n) is 2.36. The number of thioether (sulfide) groups is 2. The van der Waals surface area contributed by atoms with Crippen LogP contribution < -0.4 is 0 Å². The quantitative estimate of drug-likeness (QED) is 0.437. The summed E-state index contributed by atoms with van der Waals surface area (Å²) in [4.78, 5) is 11.8. The number of hydrogen-bond donors (Lipinski definition) is 0. The van der Waals surface area contributed by atoms with Crippen molar-refractivity contribution in [1.82, 2.24) is 14.5 Å². The van der Waals surface area contributed by atoms with Crippen LogP contribution in [0.4, 0.5) is 13.2 Å². The van der Waals surface area contributed by atoms with Gasteiger partial charge in [0.05, 0.1) is 22.1 Å². The number of nitrogens with zero attached hydrogens (tertiary/aromatic N) is 3. The number of aromatic nitrogens is 3. The van der Waals surface area contributed by atoms with Crippen LogP contribution in [0, 0.1) is 6.92 Å². The number of halogens is 3. The monoisotopic (exact) mass is 419 g/mol. The minimum atomic E-state index is -4.35.